The van der Waals surface area contributed by atoms with Crippen LogP contribution in [0.5, 0.6) is 0 Å². The highest BCUT2D eigenvalue weighted by molar-refractivity contribution is 9.10. The molecule has 0 saturated heterocycles. The van der Waals surface area contributed by atoms with Gasteiger partial charge < -0.3 is 5.11 Å². The van der Waals surface area contributed by atoms with Crippen LogP contribution in [0.15, 0.2) is 27.6 Å². The number of aliphatic carboxylic acids is 1. The topological polar surface area (TPSA) is 83.5 Å². The highest BCUT2D eigenvalue weighted by Crippen LogP contribution is 2.22. The van der Waals surface area contributed by atoms with Crippen LogP contribution in [0, 0.1) is 6.92 Å². The van der Waals surface area contributed by atoms with E-state index < -0.39 is 16.0 Å². The molecule has 1 aromatic carbocycles. The number of carboxylic acid groups (broad SMARTS) is 1. The smallest absolute Gasteiger partial charge is 0.304 e. The summed E-state index contributed by atoms with van der Waals surface area (Å²) in [6, 6.07) is 4.83. The standard InChI is InChI=1S/C10H12BrNO4S/c1-7-8(11)3-2-4-9(7)17(15,16)12-6-5-10(13)14/h2-4,12H,5-6H2,1H3,(H,13,14). The SMILES string of the molecule is Cc1c(Br)cccc1S(=O)(=O)NCCC(=O)O. The van der Waals surface area contributed by atoms with E-state index in [-0.39, 0.29) is 17.9 Å². The van der Waals surface area contributed by atoms with E-state index in [2.05, 4.69) is 20.7 Å². The molecule has 0 aliphatic carbocycles. The van der Waals surface area contributed by atoms with Gasteiger partial charge in [-0.05, 0) is 24.6 Å². The van der Waals surface area contributed by atoms with Crippen molar-refractivity contribution >= 4 is 31.9 Å². The fourth-order valence-corrected chi connectivity index (χ4v) is 3.04. The number of halogens is 1. The normalized spacial score (nSPS) is 11.4. The van der Waals surface area contributed by atoms with Crippen LogP contribution in [0.25, 0.3) is 0 Å². The Bertz CT molecular complexity index is 527. The Morgan fingerprint density at radius 3 is 2.71 bits per heavy atom. The van der Waals surface area contributed by atoms with E-state index >= 15 is 0 Å². The fourth-order valence-electron chi connectivity index (χ4n) is 1.25. The molecular formula is C10H12BrNO4S. The number of rotatable bonds is 5. The third kappa shape index (κ3) is 3.79. The number of benzene rings is 1. The lowest BCUT2D eigenvalue weighted by atomic mass is 10.2. The minimum absolute atomic E-state index is 0.121. The van der Waals surface area contributed by atoms with Gasteiger partial charge in [-0.3, -0.25) is 4.79 Å². The van der Waals surface area contributed by atoms with Gasteiger partial charge in [0.25, 0.3) is 0 Å². The van der Waals surface area contributed by atoms with Gasteiger partial charge in [-0.15, -0.1) is 0 Å². The maximum atomic E-state index is 11.9. The van der Waals surface area contributed by atoms with Gasteiger partial charge in [0.2, 0.25) is 10.0 Å². The molecular weight excluding hydrogens is 310 g/mol. The molecule has 0 spiro atoms. The minimum atomic E-state index is -3.65. The molecule has 0 aromatic heterocycles. The van der Waals surface area contributed by atoms with Crippen molar-refractivity contribution in [3.05, 3.63) is 28.2 Å². The molecule has 1 aromatic rings. The highest BCUT2D eigenvalue weighted by Gasteiger charge is 2.17. The highest BCUT2D eigenvalue weighted by atomic mass is 79.9. The number of nitrogens with one attached hydrogen (secondary N) is 1. The summed E-state index contributed by atoms with van der Waals surface area (Å²) in [7, 11) is -3.65. The molecule has 0 aliphatic heterocycles. The molecule has 2 N–H and O–H groups in total. The molecule has 5 nitrogen and oxygen atoms in total. The van der Waals surface area contributed by atoms with Crippen LogP contribution in [0.3, 0.4) is 0 Å². The second-order valence-electron chi connectivity index (χ2n) is 3.40. The molecule has 0 fully saturated rings. The summed E-state index contributed by atoms with van der Waals surface area (Å²) in [6.45, 7) is 1.56. The van der Waals surface area contributed by atoms with Crippen molar-refractivity contribution in [2.24, 2.45) is 0 Å². The summed E-state index contributed by atoms with van der Waals surface area (Å²) in [6.07, 6.45) is -0.244. The first-order valence-corrected chi connectivity index (χ1v) is 7.09. The van der Waals surface area contributed by atoms with E-state index in [0.29, 0.717) is 10.0 Å². The van der Waals surface area contributed by atoms with Crippen molar-refractivity contribution in [1.82, 2.24) is 4.72 Å². The zero-order valence-electron chi connectivity index (χ0n) is 9.10. The van der Waals surface area contributed by atoms with Crippen LogP contribution in [-0.2, 0) is 14.8 Å². The number of carbonyl (C=O) groups is 1. The van der Waals surface area contributed by atoms with Crippen LogP contribution in [-0.4, -0.2) is 26.0 Å². The van der Waals surface area contributed by atoms with E-state index in [0.717, 1.165) is 0 Å². The van der Waals surface area contributed by atoms with Crippen LogP contribution >= 0.6 is 15.9 Å². The lowest BCUT2D eigenvalue weighted by Crippen LogP contribution is -2.26. The maximum Gasteiger partial charge on any atom is 0.304 e. The van der Waals surface area contributed by atoms with Gasteiger partial charge in [0, 0.05) is 11.0 Å². The molecule has 0 atom stereocenters. The molecule has 1 rings (SSSR count). The Kier molecular flexibility index (Phi) is 4.67. The second-order valence-corrected chi connectivity index (χ2v) is 5.99. The molecule has 0 aliphatic rings. The monoisotopic (exact) mass is 321 g/mol. The predicted octanol–water partition coefficient (Wildman–Crippen LogP) is 1.51. The minimum Gasteiger partial charge on any atom is -0.481 e. The van der Waals surface area contributed by atoms with Crippen LogP contribution < -0.4 is 4.72 Å². The van der Waals surface area contributed by atoms with Crippen molar-refractivity contribution in [2.45, 2.75) is 18.2 Å². The largest absolute Gasteiger partial charge is 0.481 e. The zero-order valence-corrected chi connectivity index (χ0v) is 11.5. The molecule has 0 unspecified atom stereocenters. The van der Waals surface area contributed by atoms with Crippen LogP contribution in [0.1, 0.15) is 12.0 Å². The number of hydrogen-bond acceptors (Lipinski definition) is 3. The Balaban J connectivity index is 2.90. The van der Waals surface area contributed by atoms with Gasteiger partial charge in [-0.1, -0.05) is 22.0 Å². The van der Waals surface area contributed by atoms with E-state index in [4.69, 9.17) is 5.11 Å². The summed E-state index contributed by atoms with van der Waals surface area (Å²) in [5, 5.41) is 8.44. The van der Waals surface area contributed by atoms with Gasteiger partial charge in [0.1, 0.15) is 0 Å². The summed E-state index contributed by atoms with van der Waals surface area (Å²) >= 11 is 3.24. The summed E-state index contributed by atoms with van der Waals surface area (Å²) in [5.74, 6) is -1.04. The van der Waals surface area contributed by atoms with E-state index in [1.165, 1.54) is 6.07 Å². The lowest BCUT2D eigenvalue weighted by Gasteiger charge is -2.09. The molecule has 7 heteroatoms. The van der Waals surface area contributed by atoms with Crippen LogP contribution in [0.4, 0.5) is 0 Å². The quantitative estimate of drug-likeness (QED) is 0.861. The maximum absolute atomic E-state index is 11.9. The first-order valence-electron chi connectivity index (χ1n) is 4.81. The molecule has 0 saturated carbocycles. The third-order valence-corrected chi connectivity index (χ3v) is 4.60. The molecule has 0 heterocycles. The van der Waals surface area contributed by atoms with Gasteiger partial charge >= 0.3 is 5.97 Å². The number of hydrogen-bond donors (Lipinski definition) is 2. The predicted molar refractivity (Wildman–Crippen MR) is 66.3 cm³/mol. The molecule has 0 bridgehead atoms. The first kappa shape index (κ1) is 14.1. The Morgan fingerprint density at radius 1 is 1.47 bits per heavy atom. The van der Waals surface area contributed by atoms with Crippen molar-refractivity contribution in [1.29, 1.82) is 0 Å². The summed E-state index contributed by atoms with van der Waals surface area (Å²) in [4.78, 5) is 10.5. The van der Waals surface area contributed by atoms with Crippen molar-refractivity contribution < 1.29 is 18.3 Å². The second kappa shape index (κ2) is 5.61. The Labute approximate surface area is 108 Å². The molecule has 17 heavy (non-hydrogen) atoms. The number of sulfonamides is 1. The Morgan fingerprint density at radius 2 is 2.12 bits per heavy atom. The van der Waals surface area contributed by atoms with Gasteiger partial charge in [0.05, 0.1) is 11.3 Å². The fraction of sp³-hybridized carbons (Fsp3) is 0.300. The first-order chi connectivity index (χ1) is 7.84. The summed E-state index contributed by atoms with van der Waals surface area (Å²) in [5.41, 5.74) is 0.593. The third-order valence-electron chi connectivity index (χ3n) is 2.14. The lowest BCUT2D eigenvalue weighted by molar-refractivity contribution is -0.136. The van der Waals surface area contributed by atoms with Crippen molar-refractivity contribution in [3.63, 3.8) is 0 Å². The average Bonchev–Trinajstić information content (AvgIpc) is 2.21. The zero-order chi connectivity index (χ0) is 13.1. The number of carboxylic acids is 1. The van der Waals surface area contributed by atoms with Crippen LogP contribution in [0.2, 0.25) is 0 Å². The van der Waals surface area contributed by atoms with Crippen molar-refractivity contribution in [3.8, 4) is 0 Å². The van der Waals surface area contributed by atoms with Gasteiger partial charge in [-0.25, -0.2) is 13.1 Å². The molecule has 0 radical (unpaired) electrons. The van der Waals surface area contributed by atoms with E-state index in [1.807, 2.05) is 0 Å². The van der Waals surface area contributed by atoms with E-state index in [1.54, 1.807) is 19.1 Å². The average molecular weight is 322 g/mol. The Hall–Kier alpha value is -0.920. The van der Waals surface area contributed by atoms with Gasteiger partial charge in [-0.2, -0.15) is 0 Å². The summed E-state index contributed by atoms with van der Waals surface area (Å²) < 4.78 is 26.7. The molecule has 0 amide bonds. The van der Waals surface area contributed by atoms with Crippen molar-refractivity contribution in [2.75, 3.05) is 6.54 Å². The van der Waals surface area contributed by atoms with Gasteiger partial charge in [0.15, 0.2) is 0 Å². The van der Waals surface area contributed by atoms with E-state index in [9.17, 15) is 13.2 Å². The molecule has 94 valence electrons.